The normalized spacial score (nSPS) is 15.3. The van der Waals surface area contributed by atoms with Gasteiger partial charge in [0, 0.05) is 31.3 Å². The third-order valence-corrected chi connectivity index (χ3v) is 2.44. The highest BCUT2D eigenvalue weighted by Crippen LogP contribution is 2.20. The molecule has 0 aromatic heterocycles. The molecule has 15 heavy (non-hydrogen) atoms. The lowest BCUT2D eigenvalue weighted by Gasteiger charge is -2.26. The Morgan fingerprint density at radius 1 is 1.53 bits per heavy atom. The molecule has 0 aliphatic heterocycles. The second kappa shape index (κ2) is 5.55. The molecule has 0 heterocycles. The molecule has 0 spiro atoms. The summed E-state index contributed by atoms with van der Waals surface area (Å²) in [5.41, 5.74) is 1.11. The third kappa shape index (κ3) is 3.75. The van der Waals surface area contributed by atoms with Crippen LogP contribution in [0.25, 0.3) is 0 Å². The molecular formula is C12H18N2O. The SMILES string of the molecule is CC(C)CN(CCC#N)C1=CC(=O)CC1. The van der Waals surface area contributed by atoms with E-state index in [4.69, 9.17) is 5.26 Å². The van der Waals surface area contributed by atoms with E-state index in [2.05, 4.69) is 24.8 Å². The highest BCUT2D eigenvalue weighted by Gasteiger charge is 2.18. The Morgan fingerprint density at radius 3 is 2.73 bits per heavy atom. The zero-order chi connectivity index (χ0) is 11.3. The molecule has 0 unspecified atom stereocenters. The van der Waals surface area contributed by atoms with Crippen LogP contribution in [-0.4, -0.2) is 23.8 Å². The van der Waals surface area contributed by atoms with Crippen LogP contribution >= 0.6 is 0 Å². The second-order valence-corrected chi connectivity index (χ2v) is 4.35. The molecule has 3 heteroatoms. The molecule has 0 bridgehead atoms. The van der Waals surface area contributed by atoms with Crippen molar-refractivity contribution in [1.82, 2.24) is 4.90 Å². The van der Waals surface area contributed by atoms with Gasteiger partial charge in [0.05, 0.1) is 12.5 Å². The number of carbonyl (C=O) groups excluding carboxylic acids is 1. The van der Waals surface area contributed by atoms with E-state index in [1.54, 1.807) is 6.08 Å². The van der Waals surface area contributed by atoms with E-state index in [0.717, 1.165) is 25.2 Å². The van der Waals surface area contributed by atoms with E-state index < -0.39 is 0 Å². The first kappa shape index (κ1) is 11.8. The molecule has 0 aromatic carbocycles. The predicted molar refractivity (Wildman–Crippen MR) is 59.0 cm³/mol. The molecule has 0 radical (unpaired) electrons. The van der Waals surface area contributed by atoms with Crippen LogP contribution in [0, 0.1) is 17.2 Å². The van der Waals surface area contributed by atoms with Crippen LogP contribution in [0.3, 0.4) is 0 Å². The van der Waals surface area contributed by atoms with Gasteiger partial charge in [-0.1, -0.05) is 13.8 Å². The molecule has 82 valence electrons. The fourth-order valence-corrected chi connectivity index (χ4v) is 1.81. The van der Waals surface area contributed by atoms with E-state index in [-0.39, 0.29) is 5.78 Å². The van der Waals surface area contributed by atoms with Gasteiger partial charge in [-0.15, -0.1) is 0 Å². The Bertz CT molecular complexity index is 299. The maximum Gasteiger partial charge on any atom is 0.157 e. The summed E-state index contributed by atoms with van der Waals surface area (Å²) in [7, 11) is 0. The van der Waals surface area contributed by atoms with Crippen LogP contribution in [-0.2, 0) is 4.79 Å². The van der Waals surface area contributed by atoms with Gasteiger partial charge >= 0.3 is 0 Å². The van der Waals surface area contributed by atoms with E-state index in [0.29, 0.717) is 18.8 Å². The van der Waals surface area contributed by atoms with Crippen LogP contribution in [0.15, 0.2) is 11.8 Å². The van der Waals surface area contributed by atoms with Gasteiger partial charge in [0.25, 0.3) is 0 Å². The maximum atomic E-state index is 11.1. The fraction of sp³-hybridized carbons (Fsp3) is 0.667. The number of hydrogen-bond acceptors (Lipinski definition) is 3. The molecule has 0 saturated carbocycles. The van der Waals surface area contributed by atoms with Gasteiger partial charge in [0.2, 0.25) is 0 Å². The van der Waals surface area contributed by atoms with Crippen LogP contribution in [0.1, 0.15) is 33.1 Å². The molecule has 0 saturated heterocycles. The average molecular weight is 206 g/mol. The van der Waals surface area contributed by atoms with E-state index in [1.165, 1.54) is 0 Å². The van der Waals surface area contributed by atoms with Crippen molar-refractivity contribution < 1.29 is 4.79 Å². The first-order valence-corrected chi connectivity index (χ1v) is 5.48. The van der Waals surface area contributed by atoms with Crippen LogP contribution in [0.4, 0.5) is 0 Å². The van der Waals surface area contributed by atoms with E-state index >= 15 is 0 Å². The summed E-state index contributed by atoms with van der Waals surface area (Å²) in [6.45, 7) is 5.97. The number of hydrogen-bond donors (Lipinski definition) is 0. The topological polar surface area (TPSA) is 44.1 Å². The standard InChI is InChI=1S/C12H18N2O/c1-10(2)9-14(7-3-6-13)11-4-5-12(15)8-11/h8,10H,3-5,7,9H2,1-2H3. The van der Waals surface area contributed by atoms with Crippen molar-refractivity contribution in [3.8, 4) is 6.07 Å². The predicted octanol–water partition coefficient (Wildman–Crippen LogP) is 2.10. The summed E-state index contributed by atoms with van der Waals surface area (Å²) in [5, 5.41) is 8.58. The van der Waals surface area contributed by atoms with Gasteiger partial charge < -0.3 is 4.90 Å². The number of carbonyl (C=O) groups is 1. The minimum atomic E-state index is 0.218. The highest BCUT2D eigenvalue weighted by atomic mass is 16.1. The van der Waals surface area contributed by atoms with Gasteiger partial charge in [0.15, 0.2) is 5.78 Å². The van der Waals surface area contributed by atoms with Gasteiger partial charge in [0.1, 0.15) is 0 Å². The molecule has 0 N–H and O–H groups in total. The Kier molecular flexibility index (Phi) is 4.36. The van der Waals surface area contributed by atoms with Crippen molar-refractivity contribution in [2.24, 2.45) is 5.92 Å². The molecular weight excluding hydrogens is 188 g/mol. The van der Waals surface area contributed by atoms with Crippen molar-refractivity contribution in [3.05, 3.63) is 11.8 Å². The molecule has 3 nitrogen and oxygen atoms in total. The molecule has 1 rings (SSSR count). The van der Waals surface area contributed by atoms with Crippen molar-refractivity contribution >= 4 is 5.78 Å². The van der Waals surface area contributed by atoms with E-state index in [9.17, 15) is 4.79 Å². The van der Waals surface area contributed by atoms with Crippen molar-refractivity contribution in [2.45, 2.75) is 33.1 Å². The van der Waals surface area contributed by atoms with Crippen molar-refractivity contribution in [3.63, 3.8) is 0 Å². The Morgan fingerprint density at radius 2 is 2.27 bits per heavy atom. The van der Waals surface area contributed by atoms with Gasteiger partial charge in [-0.3, -0.25) is 4.79 Å². The van der Waals surface area contributed by atoms with Crippen LogP contribution < -0.4 is 0 Å². The molecule has 0 fully saturated rings. The maximum absolute atomic E-state index is 11.1. The smallest absolute Gasteiger partial charge is 0.157 e. The molecule has 0 atom stereocenters. The summed E-state index contributed by atoms with van der Waals surface area (Å²) in [6.07, 6.45) is 3.74. The minimum Gasteiger partial charge on any atom is -0.373 e. The van der Waals surface area contributed by atoms with Crippen molar-refractivity contribution in [2.75, 3.05) is 13.1 Å². The number of nitrogens with zero attached hydrogens (tertiary/aromatic N) is 2. The first-order valence-electron chi connectivity index (χ1n) is 5.48. The van der Waals surface area contributed by atoms with E-state index in [1.807, 2.05) is 0 Å². The Balaban J connectivity index is 2.59. The van der Waals surface area contributed by atoms with Gasteiger partial charge in [-0.25, -0.2) is 0 Å². The summed E-state index contributed by atoms with van der Waals surface area (Å²) >= 11 is 0. The van der Waals surface area contributed by atoms with Gasteiger partial charge in [-0.2, -0.15) is 5.26 Å². The van der Waals surface area contributed by atoms with Crippen molar-refractivity contribution in [1.29, 1.82) is 5.26 Å². The molecule has 0 aromatic rings. The Hall–Kier alpha value is -1.30. The Labute approximate surface area is 91.4 Å². The molecule has 1 aliphatic carbocycles. The quantitative estimate of drug-likeness (QED) is 0.692. The zero-order valence-corrected chi connectivity index (χ0v) is 9.49. The molecule has 1 aliphatic rings. The van der Waals surface area contributed by atoms with Gasteiger partial charge in [-0.05, 0) is 12.3 Å². The first-order chi connectivity index (χ1) is 7.13. The lowest BCUT2D eigenvalue weighted by atomic mass is 10.2. The molecule has 0 amide bonds. The average Bonchev–Trinajstić information content (AvgIpc) is 2.58. The van der Waals surface area contributed by atoms with Crippen LogP contribution in [0.2, 0.25) is 0 Å². The number of rotatable bonds is 5. The lowest BCUT2D eigenvalue weighted by Crippen LogP contribution is -2.27. The number of allylic oxidation sites excluding steroid dienone is 2. The largest absolute Gasteiger partial charge is 0.373 e. The van der Waals surface area contributed by atoms with Crippen LogP contribution in [0.5, 0.6) is 0 Å². The summed E-state index contributed by atoms with van der Waals surface area (Å²) in [6, 6.07) is 2.15. The zero-order valence-electron chi connectivity index (χ0n) is 9.49. The fourth-order valence-electron chi connectivity index (χ4n) is 1.81. The highest BCUT2D eigenvalue weighted by molar-refractivity contribution is 5.92. The number of nitriles is 1. The summed E-state index contributed by atoms with van der Waals surface area (Å²) in [4.78, 5) is 13.3. The summed E-state index contributed by atoms with van der Waals surface area (Å²) in [5.74, 6) is 0.774. The second-order valence-electron chi connectivity index (χ2n) is 4.35. The lowest BCUT2D eigenvalue weighted by molar-refractivity contribution is -0.114. The third-order valence-electron chi connectivity index (χ3n) is 2.44. The summed E-state index contributed by atoms with van der Waals surface area (Å²) < 4.78 is 0. The number of ketones is 1. The monoisotopic (exact) mass is 206 g/mol. The minimum absolute atomic E-state index is 0.218.